The monoisotopic (exact) mass is 237 g/mol. The van der Waals surface area contributed by atoms with Crippen molar-refractivity contribution in [1.29, 1.82) is 0 Å². The van der Waals surface area contributed by atoms with Crippen LogP contribution in [0.1, 0.15) is 24.8 Å². The molecule has 1 aromatic rings. The molecular formula is C13H16FNO2. The fraction of sp³-hybridized carbons (Fsp3) is 0.462. The number of carbonyl (C=O) groups is 1. The highest BCUT2D eigenvalue weighted by Crippen LogP contribution is 2.43. The molecule has 1 fully saturated rings. The zero-order valence-electron chi connectivity index (χ0n) is 9.58. The quantitative estimate of drug-likeness (QED) is 0.830. The average molecular weight is 237 g/mol. The zero-order valence-corrected chi connectivity index (χ0v) is 9.58. The summed E-state index contributed by atoms with van der Waals surface area (Å²) in [6, 6.07) is 6.45. The zero-order chi connectivity index (χ0) is 12.3. The van der Waals surface area contributed by atoms with E-state index in [9.17, 15) is 9.18 Å². The number of rotatable bonds is 4. The lowest BCUT2D eigenvalue weighted by molar-refractivity contribution is -0.124. The van der Waals surface area contributed by atoms with Crippen LogP contribution in [0.25, 0.3) is 0 Å². The highest BCUT2D eigenvalue weighted by molar-refractivity contribution is 5.77. The lowest BCUT2D eigenvalue weighted by atomic mass is 9.64. The van der Waals surface area contributed by atoms with E-state index < -0.39 is 6.61 Å². The number of hydrogen-bond acceptors (Lipinski definition) is 2. The Kier molecular flexibility index (Phi) is 3.43. The summed E-state index contributed by atoms with van der Waals surface area (Å²) in [5, 5.41) is 11.4. The van der Waals surface area contributed by atoms with Crippen LogP contribution in [-0.4, -0.2) is 24.2 Å². The van der Waals surface area contributed by atoms with Gasteiger partial charge in [-0.05, 0) is 30.5 Å². The van der Waals surface area contributed by atoms with Crippen molar-refractivity contribution in [2.24, 2.45) is 0 Å². The second-order valence-electron chi connectivity index (χ2n) is 4.58. The first-order valence-corrected chi connectivity index (χ1v) is 5.80. The molecule has 2 rings (SSSR count). The van der Waals surface area contributed by atoms with Crippen molar-refractivity contribution >= 4 is 5.91 Å². The Morgan fingerprint density at radius 1 is 1.35 bits per heavy atom. The summed E-state index contributed by atoms with van der Waals surface area (Å²) in [6.45, 7) is 0.0253. The lowest BCUT2D eigenvalue weighted by Gasteiger charge is -2.42. The van der Waals surface area contributed by atoms with Gasteiger partial charge in [0.05, 0.1) is 0 Å². The van der Waals surface area contributed by atoms with Gasteiger partial charge in [0.25, 0.3) is 0 Å². The molecule has 1 amide bonds. The lowest BCUT2D eigenvalue weighted by Crippen LogP contribution is -2.46. The van der Waals surface area contributed by atoms with E-state index >= 15 is 0 Å². The number of amides is 1. The Balaban J connectivity index is 2.08. The first-order valence-electron chi connectivity index (χ1n) is 5.80. The third-order valence-electron chi connectivity index (χ3n) is 3.53. The first kappa shape index (κ1) is 12.0. The molecule has 0 unspecified atom stereocenters. The molecule has 1 aromatic carbocycles. The Labute approximate surface area is 99.7 Å². The van der Waals surface area contributed by atoms with Crippen LogP contribution in [-0.2, 0) is 10.2 Å². The normalized spacial score (nSPS) is 17.3. The van der Waals surface area contributed by atoms with Crippen LogP contribution in [0.3, 0.4) is 0 Å². The van der Waals surface area contributed by atoms with Gasteiger partial charge in [-0.25, -0.2) is 4.39 Å². The molecule has 17 heavy (non-hydrogen) atoms. The van der Waals surface area contributed by atoms with Gasteiger partial charge < -0.3 is 10.4 Å². The molecule has 1 saturated carbocycles. The van der Waals surface area contributed by atoms with Crippen LogP contribution < -0.4 is 5.32 Å². The molecule has 3 nitrogen and oxygen atoms in total. The van der Waals surface area contributed by atoms with Crippen molar-refractivity contribution < 1.29 is 14.3 Å². The van der Waals surface area contributed by atoms with Gasteiger partial charge in [0.1, 0.15) is 12.4 Å². The molecule has 4 heteroatoms. The van der Waals surface area contributed by atoms with Crippen LogP contribution >= 0.6 is 0 Å². The Bertz CT molecular complexity index is 398. The van der Waals surface area contributed by atoms with Crippen LogP contribution in [0, 0.1) is 5.82 Å². The van der Waals surface area contributed by atoms with Crippen LogP contribution in [0.2, 0.25) is 0 Å². The van der Waals surface area contributed by atoms with E-state index in [-0.39, 0.29) is 17.1 Å². The van der Waals surface area contributed by atoms with E-state index in [2.05, 4.69) is 5.32 Å². The second kappa shape index (κ2) is 4.84. The van der Waals surface area contributed by atoms with Crippen molar-refractivity contribution in [2.45, 2.75) is 24.7 Å². The molecule has 1 aliphatic carbocycles. The van der Waals surface area contributed by atoms with E-state index in [4.69, 9.17) is 5.11 Å². The molecule has 0 spiro atoms. The van der Waals surface area contributed by atoms with Gasteiger partial charge in [0.2, 0.25) is 5.91 Å². The minimum Gasteiger partial charge on any atom is -0.387 e. The number of carbonyl (C=O) groups excluding carboxylic acids is 1. The van der Waals surface area contributed by atoms with Crippen LogP contribution in [0.15, 0.2) is 24.3 Å². The van der Waals surface area contributed by atoms with Crippen LogP contribution in [0.5, 0.6) is 0 Å². The highest BCUT2D eigenvalue weighted by Gasteiger charge is 2.38. The predicted molar refractivity (Wildman–Crippen MR) is 62.0 cm³/mol. The molecule has 0 radical (unpaired) electrons. The Morgan fingerprint density at radius 3 is 2.47 bits per heavy atom. The minimum absolute atomic E-state index is 0.0709. The van der Waals surface area contributed by atoms with Gasteiger partial charge in [-0.3, -0.25) is 4.79 Å². The Morgan fingerprint density at radius 2 is 2.00 bits per heavy atom. The SMILES string of the molecule is O=C(CO)NCC1(c2ccc(F)cc2)CCC1. The van der Waals surface area contributed by atoms with Gasteiger partial charge in [-0.2, -0.15) is 0 Å². The molecule has 0 atom stereocenters. The van der Waals surface area contributed by atoms with Crippen molar-refractivity contribution in [3.8, 4) is 0 Å². The summed E-state index contributed by atoms with van der Waals surface area (Å²) >= 11 is 0. The largest absolute Gasteiger partial charge is 0.387 e. The van der Waals surface area contributed by atoms with Crippen LogP contribution in [0.4, 0.5) is 4.39 Å². The molecule has 1 aliphatic rings. The third-order valence-corrected chi connectivity index (χ3v) is 3.53. The molecule has 0 saturated heterocycles. The third kappa shape index (κ3) is 2.47. The molecule has 92 valence electrons. The molecule has 0 heterocycles. The minimum atomic E-state index is -0.487. The maximum Gasteiger partial charge on any atom is 0.245 e. The smallest absolute Gasteiger partial charge is 0.245 e. The highest BCUT2D eigenvalue weighted by atomic mass is 19.1. The van der Waals surface area contributed by atoms with E-state index in [1.54, 1.807) is 12.1 Å². The van der Waals surface area contributed by atoms with Gasteiger partial charge in [0, 0.05) is 12.0 Å². The molecule has 0 aromatic heterocycles. The molecular weight excluding hydrogens is 221 g/mol. The maximum absolute atomic E-state index is 12.9. The predicted octanol–water partition coefficient (Wildman–Crippen LogP) is 1.36. The number of nitrogens with one attached hydrogen (secondary N) is 1. The molecule has 0 aliphatic heterocycles. The van der Waals surface area contributed by atoms with Crippen molar-refractivity contribution in [3.63, 3.8) is 0 Å². The van der Waals surface area contributed by atoms with Gasteiger partial charge >= 0.3 is 0 Å². The van der Waals surface area contributed by atoms with Gasteiger partial charge in [0.15, 0.2) is 0 Å². The van der Waals surface area contributed by atoms with Crippen molar-refractivity contribution in [2.75, 3.05) is 13.2 Å². The number of benzene rings is 1. The number of hydrogen-bond donors (Lipinski definition) is 2. The molecule has 0 bridgehead atoms. The summed E-state index contributed by atoms with van der Waals surface area (Å²) in [5.41, 5.74) is 0.988. The maximum atomic E-state index is 12.9. The fourth-order valence-corrected chi connectivity index (χ4v) is 2.30. The summed E-state index contributed by atoms with van der Waals surface area (Å²) in [5.74, 6) is -0.610. The van der Waals surface area contributed by atoms with Crippen molar-refractivity contribution in [1.82, 2.24) is 5.32 Å². The fourth-order valence-electron chi connectivity index (χ4n) is 2.30. The number of aliphatic hydroxyl groups is 1. The van der Waals surface area contributed by atoms with E-state index in [1.165, 1.54) is 12.1 Å². The summed E-state index contributed by atoms with van der Waals surface area (Å²) in [7, 11) is 0. The number of halogens is 1. The Hall–Kier alpha value is -1.42. The molecule has 2 N–H and O–H groups in total. The van der Waals surface area contributed by atoms with E-state index in [1.807, 2.05) is 0 Å². The number of aliphatic hydroxyl groups excluding tert-OH is 1. The van der Waals surface area contributed by atoms with Gasteiger partial charge in [-0.1, -0.05) is 18.6 Å². The van der Waals surface area contributed by atoms with Crippen molar-refractivity contribution in [3.05, 3.63) is 35.6 Å². The van der Waals surface area contributed by atoms with Gasteiger partial charge in [-0.15, -0.1) is 0 Å². The summed E-state index contributed by atoms with van der Waals surface area (Å²) < 4.78 is 12.9. The summed E-state index contributed by atoms with van der Waals surface area (Å²) in [4.78, 5) is 11.1. The van der Waals surface area contributed by atoms with E-state index in [0.717, 1.165) is 24.8 Å². The average Bonchev–Trinajstić information content (AvgIpc) is 2.29. The van der Waals surface area contributed by atoms with E-state index in [0.29, 0.717) is 6.54 Å². The second-order valence-corrected chi connectivity index (χ2v) is 4.58. The first-order chi connectivity index (χ1) is 8.16. The summed E-state index contributed by atoms with van der Waals surface area (Å²) in [6.07, 6.45) is 3.10. The standard InChI is InChI=1S/C13H16FNO2/c14-11-4-2-10(3-5-11)13(6-1-7-13)9-15-12(17)8-16/h2-5,16H,1,6-9H2,(H,15,17). The topological polar surface area (TPSA) is 49.3 Å².